The minimum atomic E-state index is -1.02. The molecule has 22 heavy (non-hydrogen) atoms. The average molecular weight is 302 g/mol. The molecule has 1 fully saturated rings. The maximum absolute atomic E-state index is 12.6. The van der Waals surface area contributed by atoms with E-state index in [1.54, 1.807) is 18.2 Å². The minimum Gasteiger partial charge on any atom is -0.480 e. The maximum Gasteiger partial charge on any atom is 0.326 e. The summed E-state index contributed by atoms with van der Waals surface area (Å²) < 4.78 is 0. The summed E-state index contributed by atoms with van der Waals surface area (Å²) in [5, 5.41) is 11.7. The Kier molecular flexibility index (Phi) is 4.93. The molecule has 0 aromatic heterocycles. The number of carbonyl (C=O) groups is 3. The third-order valence-corrected chi connectivity index (χ3v) is 3.45. The number of likely N-dealkylation sites (tertiary alicyclic amines) is 1. The van der Waals surface area contributed by atoms with Gasteiger partial charge in [-0.2, -0.15) is 0 Å². The minimum absolute atomic E-state index is 0.0897. The quantitative estimate of drug-likeness (QED) is 0.819. The molecule has 1 saturated heterocycles. The van der Waals surface area contributed by atoms with Crippen LogP contribution in [0.15, 0.2) is 36.0 Å². The van der Waals surface area contributed by atoms with Crippen molar-refractivity contribution in [3.8, 4) is 0 Å². The Morgan fingerprint density at radius 2 is 1.95 bits per heavy atom. The summed E-state index contributed by atoms with van der Waals surface area (Å²) in [6, 6.07) is 8.25. The molecule has 0 saturated carbocycles. The van der Waals surface area contributed by atoms with Crippen molar-refractivity contribution in [2.75, 3.05) is 6.54 Å². The summed E-state index contributed by atoms with van der Waals surface area (Å²) in [5.74, 6) is -1.86. The van der Waals surface area contributed by atoms with Crippen molar-refractivity contribution < 1.29 is 19.5 Å². The van der Waals surface area contributed by atoms with Crippen LogP contribution in [0.3, 0.4) is 0 Å². The SMILES string of the molecule is CC(=O)N/C(=C\c1ccccc1)C(=O)N1CCC[C@@H]1C(=O)O. The van der Waals surface area contributed by atoms with Gasteiger partial charge >= 0.3 is 5.97 Å². The third-order valence-electron chi connectivity index (χ3n) is 3.45. The number of aliphatic carboxylic acids is 1. The Morgan fingerprint density at radius 1 is 1.27 bits per heavy atom. The van der Waals surface area contributed by atoms with Crippen LogP contribution in [-0.4, -0.2) is 40.4 Å². The highest BCUT2D eigenvalue weighted by atomic mass is 16.4. The standard InChI is InChI=1S/C16H18N2O4/c1-11(19)17-13(10-12-6-3-2-4-7-12)15(20)18-9-5-8-14(18)16(21)22/h2-4,6-7,10,14H,5,8-9H2,1H3,(H,17,19)(H,21,22)/b13-10-/t14-/m1/s1. The summed E-state index contributed by atoms with van der Waals surface area (Å²) >= 11 is 0. The fraction of sp³-hybridized carbons (Fsp3) is 0.312. The fourth-order valence-electron chi connectivity index (χ4n) is 2.48. The van der Waals surface area contributed by atoms with Crippen LogP contribution in [0.5, 0.6) is 0 Å². The van der Waals surface area contributed by atoms with Crippen LogP contribution in [0.25, 0.3) is 6.08 Å². The van der Waals surface area contributed by atoms with Crippen molar-refractivity contribution in [2.24, 2.45) is 0 Å². The first kappa shape index (κ1) is 15.8. The lowest BCUT2D eigenvalue weighted by Crippen LogP contribution is -2.44. The molecule has 1 aromatic rings. The average Bonchev–Trinajstić information content (AvgIpc) is 2.96. The van der Waals surface area contributed by atoms with Gasteiger partial charge in [-0.25, -0.2) is 4.79 Å². The van der Waals surface area contributed by atoms with Crippen LogP contribution in [0.2, 0.25) is 0 Å². The molecule has 116 valence electrons. The molecule has 6 heteroatoms. The second-order valence-electron chi connectivity index (χ2n) is 5.14. The van der Waals surface area contributed by atoms with E-state index in [2.05, 4.69) is 5.32 Å². The topological polar surface area (TPSA) is 86.7 Å². The first-order valence-electron chi connectivity index (χ1n) is 7.07. The summed E-state index contributed by atoms with van der Waals surface area (Å²) in [6.07, 6.45) is 2.63. The highest BCUT2D eigenvalue weighted by molar-refractivity contribution is 6.02. The van der Waals surface area contributed by atoms with E-state index in [0.29, 0.717) is 19.4 Å². The first-order valence-corrected chi connectivity index (χ1v) is 7.07. The first-order chi connectivity index (χ1) is 10.5. The van der Waals surface area contributed by atoms with Crippen LogP contribution in [0, 0.1) is 0 Å². The van der Waals surface area contributed by atoms with Gasteiger partial charge in [0.25, 0.3) is 5.91 Å². The van der Waals surface area contributed by atoms with E-state index in [4.69, 9.17) is 0 Å². The Labute approximate surface area is 128 Å². The zero-order chi connectivity index (χ0) is 16.1. The number of hydrogen-bond donors (Lipinski definition) is 2. The molecule has 1 aliphatic rings. The summed E-state index contributed by atoms with van der Waals surface area (Å²) in [7, 11) is 0. The van der Waals surface area contributed by atoms with Crippen molar-refractivity contribution in [3.63, 3.8) is 0 Å². The molecular weight excluding hydrogens is 284 g/mol. The van der Waals surface area contributed by atoms with E-state index in [-0.39, 0.29) is 11.6 Å². The van der Waals surface area contributed by atoms with Gasteiger partial charge in [0.2, 0.25) is 5.91 Å². The van der Waals surface area contributed by atoms with Crippen LogP contribution in [0.4, 0.5) is 0 Å². The zero-order valence-electron chi connectivity index (χ0n) is 12.3. The van der Waals surface area contributed by atoms with Crippen molar-refractivity contribution in [2.45, 2.75) is 25.8 Å². The number of hydrogen-bond acceptors (Lipinski definition) is 3. The monoisotopic (exact) mass is 302 g/mol. The molecule has 0 unspecified atom stereocenters. The van der Waals surface area contributed by atoms with Gasteiger partial charge in [0.05, 0.1) is 0 Å². The fourth-order valence-corrected chi connectivity index (χ4v) is 2.48. The molecule has 2 N–H and O–H groups in total. The largest absolute Gasteiger partial charge is 0.480 e. The van der Waals surface area contributed by atoms with Crippen LogP contribution >= 0.6 is 0 Å². The number of benzene rings is 1. The molecule has 2 rings (SSSR count). The second-order valence-corrected chi connectivity index (χ2v) is 5.14. The normalized spacial score (nSPS) is 18.1. The molecule has 1 aromatic carbocycles. The highest BCUT2D eigenvalue weighted by Crippen LogP contribution is 2.20. The van der Waals surface area contributed by atoms with Crippen LogP contribution < -0.4 is 5.32 Å². The van der Waals surface area contributed by atoms with Gasteiger partial charge in [-0.15, -0.1) is 0 Å². The number of carboxylic acids is 1. The van der Waals surface area contributed by atoms with Gasteiger partial charge < -0.3 is 15.3 Å². The smallest absolute Gasteiger partial charge is 0.326 e. The van der Waals surface area contributed by atoms with Crippen molar-refractivity contribution in [3.05, 3.63) is 41.6 Å². The lowest BCUT2D eigenvalue weighted by molar-refractivity contribution is -0.147. The Bertz CT molecular complexity index is 610. The lowest BCUT2D eigenvalue weighted by Gasteiger charge is -2.23. The molecule has 2 amide bonds. The van der Waals surface area contributed by atoms with E-state index >= 15 is 0 Å². The molecule has 1 atom stereocenters. The van der Waals surface area contributed by atoms with Crippen LogP contribution in [0.1, 0.15) is 25.3 Å². The van der Waals surface area contributed by atoms with E-state index < -0.39 is 17.9 Å². The highest BCUT2D eigenvalue weighted by Gasteiger charge is 2.35. The van der Waals surface area contributed by atoms with Crippen LogP contribution in [-0.2, 0) is 14.4 Å². The van der Waals surface area contributed by atoms with Gasteiger partial charge in [0.1, 0.15) is 11.7 Å². The van der Waals surface area contributed by atoms with Gasteiger partial charge in [0.15, 0.2) is 0 Å². The van der Waals surface area contributed by atoms with Gasteiger partial charge in [0, 0.05) is 13.5 Å². The number of rotatable bonds is 4. The van der Waals surface area contributed by atoms with E-state index in [1.165, 1.54) is 11.8 Å². The number of nitrogens with zero attached hydrogens (tertiary/aromatic N) is 1. The van der Waals surface area contributed by atoms with Gasteiger partial charge in [-0.05, 0) is 24.5 Å². The molecule has 1 heterocycles. The molecular formula is C16H18N2O4. The summed E-state index contributed by atoms with van der Waals surface area (Å²) in [5.41, 5.74) is 0.845. The molecule has 0 spiro atoms. The molecule has 0 aliphatic carbocycles. The Balaban J connectivity index is 2.29. The van der Waals surface area contributed by atoms with E-state index in [1.807, 2.05) is 18.2 Å². The number of carboxylic acid groups (broad SMARTS) is 1. The molecule has 1 aliphatic heterocycles. The summed E-state index contributed by atoms with van der Waals surface area (Å²) in [6.45, 7) is 1.69. The molecule has 0 radical (unpaired) electrons. The van der Waals surface area contributed by atoms with Crippen molar-refractivity contribution in [1.82, 2.24) is 10.2 Å². The number of amides is 2. The Morgan fingerprint density at radius 3 is 2.55 bits per heavy atom. The van der Waals surface area contributed by atoms with Crippen molar-refractivity contribution in [1.29, 1.82) is 0 Å². The predicted octanol–water partition coefficient (Wildman–Crippen LogP) is 1.24. The predicted molar refractivity (Wildman–Crippen MR) is 80.6 cm³/mol. The van der Waals surface area contributed by atoms with E-state index in [0.717, 1.165) is 5.56 Å². The lowest BCUT2D eigenvalue weighted by atomic mass is 10.1. The maximum atomic E-state index is 12.6. The zero-order valence-corrected chi connectivity index (χ0v) is 12.3. The molecule has 6 nitrogen and oxygen atoms in total. The summed E-state index contributed by atoms with van der Waals surface area (Å²) in [4.78, 5) is 36.4. The number of carbonyl (C=O) groups excluding carboxylic acids is 2. The third kappa shape index (κ3) is 3.72. The number of nitrogens with one attached hydrogen (secondary N) is 1. The van der Waals surface area contributed by atoms with Gasteiger partial charge in [-0.1, -0.05) is 30.3 Å². The Hall–Kier alpha value is -2.63. The second kappa shape index (κ2) is 6.89. The van der Waals surface area contributed by atoms with Crippen molar-refractivity contribution >= 4 is 23.9 Å². The molecule has 0 bridgehead atoms. The van der Waals surface area contributed by atoms with Gasteiger partial charge in [-0.3, -0.25) is 9.59 Å². The van der Waals surface area contributed by atoms with E-state index in [9.17, 15) is 19.5 Å².